The zero-order valence-electron chi connectivity index (χ0n) is 22.9. The van der Waals surface area contributed by atoms with Crippen LogP contribution in [-0.2, 0) is 41.9 Å². The average Bonchev–Trinajstić information content (AvgIpc) is 3.07. The Labute approximate surface area is 224 Å². The largest absolute Gasteiger partial charge is 0.480 e. The number of hydrogen-bond acceptors (Lipinski definition) is 12. The number of aromatic nitrogens is 2. The number of rotatable bonds is 11. The van der Waals surface area contributed by atoms with E-state index in [1.54, 1.807) is 41.5 Å². The van der Waals surface area contributed by atoms with Crippen molar-refractivity contribution < 1.29 is 51.4 Å². The van der Waals surface area contributed by atoms with Gasteiger partial charge in [-0.25, -0.2) is 22.8 Å². The zero-order chi connectivity index (χ0) is 29.8. The molecule has 1 fully saturated rings. The summed E-state index contributed by atoms with van der Waals surface area (Å²) < 4.78 is 60.2. The van der Waals surface area contributed by atoms with Gasteiger partial charge in [0.15, 0.2) is 12.4 Å². The molecule has 1 aliphatic heterocycles. The van der Waals surface area contributed by atoms with Crippen LogP contribution in [0.1, 0.15) is 61.1 Å². The quantitative estimate of drug-likeness (QED) is 0.221. The molecule has 0 aromatic carbocycles. The van der Waals surface area contributed by atoms with E-state index >= 15 is 4.39 Å². The monoisotopic (exact) mass is 582 g/mol. The summed E-state index contributed by atoms with van der Waals surface area (Å²) >= 11 is 0. The van der Waals surface area contributed by atoms with Crippen molar-refractivity contribution in [1.29, 1.82) is 0 Å². The number of esters is 2. The van der Waals surface area contributed by atoms with Gasteiger partial charge in [0, 0.05) is 12.3 Å². The van der Waals surface area contributed by atoms with E-state index in [1.165, 1.54) is 6.92 Å². The molecule has 2 rings (SSSR count). The van der Waals surface area contributed by atoms with Crippen LogP contribution < -0.4 is 11.2 Å². The predicted octanol–water partition coefficient (Wildman–Crippen LogP) is 2.16. The van der Waals surface area contributed by atoms with Gasteiger partial charge in [-0.3, -0.25) is 28.5 Å². The molecule has 1 aliphatic rings. The number of carbonyl (C=O) groups excluding carboxylic acids is 2. The van der Waals surface area contributed by atoms with Crippen molar-refractivity contribution in [2.24, 2.45) is 10.8 Å². The molecule has 1 aromatic heterocycles. The predicted molar refractivity (Wildman–Crippen MR) is 132 cm³/mol. The Kier molecular flexibility index (Phi) is 10.4. The Balaban J connectivity index is 2.22. The number of ether oxygens (including phenoxy) is 3. The van der Waals surface area contributed by atoms with E-state index in [0.717, 1.165) is 16.8 Å². The second-order valence-corrected chi connectivity index (χ2v) is 12.6. The van der Waals surface area contributed by atoms with Gasteiger partial charge in [0.1, 0.15) is 11.7 Å². The topological polar surface area (TPSA) is 182 Å². The highest BCUT2D eigenvalue weighted by Crippen LogP contribution is 2.52. The molecule has 222 valence electrons. The van der Waals surface area contributed by atoms with Crippen LogP contribution in [-0.4, -0.2) is 64.7 Å². The molecule has 0 saturated carbocycles. The molecule has 0 amide bonds. The third kappa shape index (κ3) is 8.29. The van der Waals surface area contributed by atoms with Crippen LogP contribution in [0.5, 0.6) is 0 Å². The summed E-state index contributed by atoms with van der Waals surface area (Å²) in [5.74, 6) is -1.38. The Morgan fingerprint density at radius 2 is 1.59 bits per heavy atom. The molecule has 16 heteroatoms. The van der Waals surface area contributed by atoms with E-state index in [4.69, 9.17) is 27.8 Å². The van der Waals surface area contributed by atoms with Crippen LogP contribution in [0.25, 0.3) is 0 Å². The molecule has 4 atom stereocenters. The van der Waals surface area contributed by atoms with Gasteiger partial charge in [-0.2, -0.15) is 0 Å². The van der Waals surface area contributed by atoms with Gasteiger partial charge in [-0.1, -0.05) is 6.92 Å². The minimum absolute atomic E-state index is 0.0960. The second-order valence-electron chi connectivity index (χ2n) is 10.9. The highest BCUT2D eigenvalue weighted by Gasteiger charge is 2.56. The summed E-state index contributed by atoms with van der Waals surface area (Å²) in [5, 5.41) is 10.7. The normalized spacial score (nSPS) is 24.0. The highest BCUT2D eigenvalue weighted by molar-refractivity contribution is 7.48. The van der Waals surface area contributed by atoms with Crippen LogP contribution in [0, 0.1) is 10.8 Å². The van der Waals surface area contributed by atoms with E-state index in [9.17, 15) is 28.8 Å². The number of hydrogen-bond donors (Lipinski definition) is 2. The lowest BCUT2D eigenvalue weighted by molar-refractivity contribution is -0.165. The summed E-state index contributed by atoms with van der Waals surface area (Å²) in [4.78, 5) is 49.6. The van der Waals surface area contributed by atoms with Crippen LogP contribution in [0.2, 0.25) is 0 Å². The Morgan fingerprint density at radius 3 is 2.03 bits per heavy atom. The number of carbonyl (C=O) groups is 2. The third-order valence-corrected chi connectivity index (χ3v) is 6.97. The first-order chi connectivity index (χ1) is 17.8. The fourth-order valence-corrected chi connectivity index (χ4v) is 4.16. The third-order valence-electron chi connectivity index (χ3n) is 5.69. The number of alkyl halides is 1. The molecular formula is C23H36FN2O12P. The zero-order valence-corrected chi connectivity index (χ0v) is 23.8. The Morgan fingerprint density at radius 1 is 1.08 bits per heavy atom. The number of nitrogens with zero attached hydrogens (tertiary/aromatic N) is 1. The van der Waals surface area contributed by atoms with E-state index < -0.39 is 86.1 Å². The molecule has 0 spiro atoms. The van der Waals surface area contributed by atoms with Crippen molar-refractivity contribution in [3.8, 4) is 0 Å². The van der Waals surface area contributed by atoms with Crippen LogP contribution in [0.15, 0.2) is 21.9 Å². The van der Waals surface area contributed by atoms with E-state index in [1.807, 2.05) is 4.98 Å². The minimum Gasteiger partial charge on any atom is -0.437 e. The SMILES string of the molecule is CC[C@]1(COP(=O)(OCOC(=O)C(C)(C)C)OCOC(=O)C(C)(C)C)O[C@@H](n2ccc(=O)[nH]c2=O)[C@H](F)[C@@H]1O. The van der Waals surface area contributed by atoms with Gasteiger partial charge >= 0.3 is 25.5 Å². The Hall–Kier alpha value is -2.42. The van der Waals surface area contributed by atoms with Gasteiger partial charge in [0.2, 0.25) is 13.6 Å². The number of aliphatic hydroxyl groups is 1. The Bertz CT molecular complexity index is 1150. The number of aliphatic hydroxyl groups excluding tert-OH is 1. The maximum absolute atomic E-state index is 15.1. The first-order valence-electron chi connectivity index (χ1n) is 12.0. The van der Waals surface area contributed by atoms with E-state index in [0.29, 0.717) is 0 Å². The fourth-order valence-electron chi connectivity index (χ4n) is 3.20. The van der Waals surface area contributed by atoms with Crippen LogP contribution in [0.3, 0.4) is 0 Å². The summed E-state index contributed by atoms with van der Waals surface area (Å²) in [6.07, 6.45) is -4.78. The molecule has 14 nitrogen and oxygen atoms in total. The number of phosphoric ester groups is 1. The van der Waals surface area contributed by atoms with Crippen LogP contribution >= 0.6 is 7.82 Å². The van der Waals surface area contributed by atoms with Gasteiger partial charge in [0.05, 0.1) is 17.4 Å². The van der Waals surface area contributed by atoms with Crippen molar-refractivity contribution in [3.05, 3.63) is 33.1 Å². The van der Waals surface area contributed by atoms with Crippen molar-refractivity contribution >= 4 is 19.8 Å². The number of H-pyrrole nitrogens is 1. The molecule has 0 aliphatic carbocycles. The smallest absolute Gasteiger partial charge is 0.437 e. The van der Waals surface area contributed by atoms with Gasteiger partial charge < -0.3 is 19.3 Å². The molecular weight excluding hydrogens is 546 g/mol. The molecule has 0 unspecified atom stereocenters. The lowest BCUT2D eigenvalue weighted by atomic mass is 9.94. The molecule has 0 radical (unpaired) electrons. The molecule has 1 aromatic rings. The molecule has 2 heterocycles. The highest BCUT2D eigenvalue weighted by atomic mass is 31.2. The minimum atomic E-state index is -4.68. The maximum atomic E-state index is 15.1. The fraction of sp³-hybridized carbons (Fsp3) is 0.739. The van der Waals surface area contributed by atoms with Crippen molar-refractivity contribution in [2.45, 2.75) is 79.0 Å². The van der Waals surface area contributed by atoms with Crippen LogP contribution in [0.4, 0.5) is 4.39 Å². The average molecular weight is 583 g/mol. The second kappa shape index (κ2) is 12.4. The number of phosphoric acid groups is 1. The van der Waals surface area contributed by atoms with Crippen molar-refractivity contribution in [1.82, 2.24) is 9.55 Å². The number of aromatic amines is 1. The molecule has 1 saturated heterocycles. The molecule has 2 N–H and O–H groups in total. The van der Waals surface area contributed by atoms with Crippen molar-refractivity contribution in [3.63, 3.8) is 0 Å². The van der Waals surface area contributed by atoms with E-state index in [2.05, 4.69) is 0 Å². The molecule has 0 bridgehead atoms. The number of halogens is 1. The lowest BCUT2D eigenvalue weighted by Gasteiger charge is -2.31. The summed E-state index contributed by atoms with van der Waals surface area (Å²) in [6.45, 7) is 8.46. The van der Waals surface area contributed by atoms with Gasteiger partial charge in [0.25, 0.3) is 5.56 Å². The first-order valence-corrected chi connectivity index (χ1v) is 13.5. The summed E-state index contributed by atoms with van der Waals surface area (Å²) in [5.41, 5.74) is -5.36. The maximum Gasteiger partial charge on any atom is 0.480 e. The van der Waals surface area contributed by atoms with Crippen molar-refractivity contribution in [2.75, 3.05) is 20.2 Å². The van der Waals surface area contributed by atoms with Gasteiger partial charge in [-0.15, -0.1) is 0 Å². The standard InChI is InChI=1S/C23H36FN2O12P/c1-8-23(16(28)15(24)17(38-23)26-10-9-14(27)25-20(26)31)11-35-39(32,36-12-33-18(29)21(2,3)4)37-13-34-19(30)22(5,6)7/h9-10,15-17,28H,8,11-13H2,1-7H3,(H,25,27,31)/t15-,16+,17-,23-/m1/s1. The van der Waals surface area contributed by atoms with Gasteiger partial charge in [-0.05, 0) is 48.0 Å². The lowest BCUT2D eigenvalue weighted by Crippen LogP contribution is -2.45. The van der Waals surface area contributed by atoms with E-state index in [-0.39, 0.29) is 6.42 Å². The first kappa shape index (κ1) is 32.8. The summed E-state index contributed by atoms with van der Waals surface area (Å²) in [7, 11) is -4.68. The number of nitrogens with one attached hydrogen (secondary N) is 1. The summed E-state index contributed by atoms with van der Waals surface area (Å²) in [6, 6.07) is 0.972. The molecule has 39 heavy (non-hydrogen) atoms.